The SMILES string of the molecule is CN(CCn1cc(CN)nn1)Cc1ccc(Cl)cc1. The predicted molar refractivity (Wildman–Crippen MR) is 75.7 cm³/mol. The van der Waals surface area contributed by atoms with E-state index in [9.17, 15) is 0 Å². The Labute approximate surface area is 118 Å². The lowest BCUT2D eigenvalue weighted by Crippen LogP contribution is -2.23. The molecule has 0 unspecified atom stereocenters. The first-order valence-corrected chi connectivity index (χ1v) is 6.57. The van der Waals surface area contributed by atoms with E-state index in [0.29, 0.717) is 6.54 Å². The Hall–Kier alpha value is -1.43. The zero-order valence-corrected chi connectivity index (χ0v) is 11.7. The maximum absolute atomic E-state index is 5.86. The first-order valence-electron chi connectivity index (χ1n) is 6.19. The first kappa shape index (κ1) is 14.0. The fourth-order valence-corrected chi connectivity index (χ4v) is 1.92. The van der Waals surface area contributed by atoms with Crippen LogP contribution in [0.5, 0.6) is 0 Å². The van der Waals surface area contributed by atoms with Crippen LogP contribution < -0.4 is 5.73 Å². The predicted octanol–water partition coefficient (Wildman–Crippen LogP) is 1.52. The summed E-state index contributed by atoms with van der Waals surface area (Å²) in [5.74, 6) is 0. The molecule has 1 heterocycles. The van der Waals surface area contributed by atoms with Crippen molar-refractivity contribution in [1.82, 2.24) is 19.9 Å². The van der Waals surface area contributed by atoms with Gasteiger partial charge in [-0.1, -0.05) is 28.9 Å². The lowest BCUT2D eigenvalue weighted by atomic mass is 10.2. The molecule has 0 saturated heterocycles. The molecule has 0 aliphatic heterocycles. The quantitative estimate of drug-likeness (QED) is 0.871. The molecule has 19 heavy (non-hydrogen) atoms. The molecule has 0 aliphatic carbocycles. The molecule has 1 aromatic heterocycles. The van der Waals surface area contributed by atoms with Gasteiger partial charge in [0.15, 0.2) is 0 Å². The van der Waals surface area contributed by atoms with Crippen molar-refractivity contribution in [2.45, 2.75) is 19.6 Å². The minimum Gasteiger partial charge on any atom is -0.325 e. The van der Waals surface area contributed by atoms with E-state index in [0.717, 1.165) is 30.4 Å². The first-order chi connectivity index (χ1) is 9.17. The van der Waals surface area contributed by atoms with Crippen molar-refractivity contribution in [3.05, 3.63) is 46.7 Å². The number of likely N-dealkylation sites (N-methyl/N-ethyl adjacent to an activating group) is 1. The van der Waals surface area contributed by atoms with Crippen LogP contribution in [0.1, 0.15) is 11.3 Å². The molecule has 0 aliphatic rings. The smallest absolute Gasteiger partial charge is 0.0962 e. The van der Waals surface area contributed by atoms with Crippen LogP contribution in [0.25, 0.3) is 0 Å². The molecule has 102 valence electrons. The third-order valence-corrected chi connectivity index (χ3v) is 3.12. The van der Waals surface area contributed by atoms with Gasteiger partial charge in [-0.2, -0.15) is 0 Å². The fourth-order valence-electron chi connectivity index (χ4n) is 1.80. The number of hydrogen-bond donors (Lipinski definition) is 1. The average Bonchev–Trinajstić information content (AvgIpc) is 2.87. The van der Waals surface area contributed by atoms with Crippen molar-refractivity contribution in [2.75, 3.05) is 13.6 Å². The molecule has 6 heteroatoms. The molecule has 0 atom stereocenters. The molecule has 2 rings (SSSR count). The lowest BCUT2D eigenvalue weighted by Gasteiger charge is -2.16. The number of halogens is 1. The Morgan fingerprint density at radius 3 is 2.68 bits per heavy atom. The van der Waals surface area contributed by atoms with Crippen LogP contribution >= 0.6 is 11.6 Å². The summed E-state index contributed by atoms with van der Waals surface area (Å²) >= 11 is 5.86. The second-order valence-corrected chi connectivity index (χ2v) is 4.98. The highest BCUT2D eigenvalue weighted by Gasteiger charge is 2.03. The van der Waals surface area contributed by atoms with Crippen LogP contribution in [0, 0.1) is 0 Å². The van der Waals surface area contributed by atoms with Gasteiger partial charge < -0.3 is 10.6 Å². The molecular formula is C13H18ClN5. The molecule has 0 bridgehead atoms. The van der Waals surface area contributed by atoms with Crippen molar-refractivity contribution in [1.29, 1.82) is 0 Å². The van der Waals surface area contributed by atoms with Gasteiger partial charge in [0, 0.05) is 30.9 Å². The average molecular weight is 280 g/mol. The van der Waals surface area contributed by atoms with E-state index in [1.807, 2.05) is 35.1 Å². The number of benzene rings is 1. The van der Waals surface area contributed by atoms with Crippen molar-refractivity contribution in [3.63, 3.8) is 0 Å². The van der Waals surface area contributed by atoms with Crippen LogP contribution in [0.4, 0.5) is 0 Å². The number of aromatic nitrogens is 3. The maximum Gasteiger partial charge on any atom is 0.0962 e. The Morgan fingerprint density at radius 2 is 2.05 bits per heavy atom. The topological polar surface area (TPSA) is 60.0 Å². The van der Waals surface area contributed by atoms with Gasteiger partial charge in [0.2, 0.25) is 0 Å². The van der Waals surface area contributed by atoms with E-state index in [-0.39, 0.29) is 0 Å². The van der Waals surface area contributed by atoms with E-state index < -0.39 is 0 Å². The van der Waals surface area contributed by atoms with E-state index in [4.69, 9.17) is 17.3 Å². The summed E-state index contributed by atoms with van der Waals surface area (Å²) in [6, 6.07) is 7.91. The monoisotopic (exact) mass is 279 g/mol. The molecule has 5 nitrogen and oxygen atoms in total. The normalized spacial score (nSPS) is 11.2. The minimum atomic E-state index is 0.431. The third-order valence-electron chi connectivity index (χ3n) is 2.87. The van der Waals surface area contributed by atoms with Crippen LogP contribution in [0.3, 0.4) is 0 Å². The molecule has 0 fully saturated rings. The summed E-state index contributed by atoms with van der Waals surface area (Å²) in [7, 11) is 2.08. The van der Waals surface area contributed by atoms with E-state index in [1.54, 1.807) is 0 Å². The summed E-state index contributed by atoms with van der Waals surface area (Å²) < 4.78 is 1.82. The zero-order chi connectivity index (χ0) is 13.7. The second kappa shape index (κ2) is 6.65. The Kier molecular flexibility index (Phi) is 4.90. The Morgan fingerprint density at radius 1 is 1.32 bits per heavy atom. The van der Waals surface area contributed by atoms with Gasteiger partial charge in [-0.3, -0.25) is 4.68 Å². The maximum atomic E-state index is 5.86. The van der Waals surface area contributed by atoms with Crippen molar-refractivity contribution < 1.29 is 0 Å². The highest BCUT2D eigenvalue weighted by atomic mass is 35.5. The lowest BCUT2D eigenvalue weighted by molar-refractivity contribution is 0.304. The summed E-state index contributed by atoms with van der Waals surface area (Å²) in [5.41, 5.74) is 7.56. The third kappa shape index (κ3) is 4.31. The highest BCUT2D eigenvalue weighted by molar-refractivity contribution is 6.30. The largest absolute Gasteiger partial charge is 0.325 e. The van der Waals surface area contributed by atoms with Crippen molar-refractivity contribution >= 4 is 11.6 Å². The van der Waals surface area contributed by atoms with Gasteiger partial charge in [0.25, 0.3) is 0 Å². The zero-order valence-electron chi connectivity index (χ0n) is 11.0. The van der Waals surface area contributed by atoms with E-state index >= 15 is 0 Å². The minimum absolute atomic E-state index is 0.431. The number of hydrogen-bond acceptors (Lipinski definition) is 4. The number of rotatable bonds is 6. The van der Waals surface area contributed by atoms with Crippen molar-refractivity contribution in [2.24, 2.45) is 5.73 Å². The van der Waals surface area contributed by atoms with Gasteiger partial charge in [-0.05, 0) is 24.7 Å². The molecule has 0 saturated carbocycles. The highest BCUT2D eigenvalue weighted by Crippen LogP contribution is 2.10. The molecule has 1 aromatic carbocycles. The van der Waals surface area contributed by atoms with Crippen molar-refractivity contribution in [3.8, 4) is 0 Å². The summed E-state index contributed by atoms with van der Waals surface area (Å²) in [6.45, 7) is 3.02. The van der Waals surface area contributed by atoms with Crippen LogP contribution in [0.15, 0.2) is 30.5 Å². The van der Waals surface area contributed by atoms with Gasteiger partial charge in [0.05, 0.1) is 12.2 Å². The van der Waals surface area contributed by atoms with Gasteiger partial charge in [-0.25, -0.2) is 0 Å². The Balaban J connectivity index is 1.81. The van der Waals surface area contributed by atoms with Gasteiger partial charge in [-0.15, -0.1) is 5.10 Å². The van der Waals surface area contributed by atoms with Crippen LogP contribution in [0.2, 0.25) is 5.02 Å². The number of nitrogens with two attached hydrogens (primary N) is 1. The number of nitrogens with zero attached hydrogens (tertiary/aromatic N) is 4. The fraction of sp³-hybridized carbons (Fsp3) is 0.385. The summed E-state index contributed by atoms with van der Waals surface area (Å²) in [4.78, 5) is 2.23. The molecule has 0 spiro atoms. The molecule has 2 N–H and O–H groups in total. The second-order valence-electron chi connectivity index (χ2n) is 4.54. The van der Waals surface area contributed by atoms with Gasteiger partial charge >= 0.3 is 0 Å². The van der Waals surface area contributed by atoms with E-state index in [2.05, 4.69) is 22.3 Å². The van der Waals surface area contributed by atoms with E-state index in [1.165, 1.54) is 5.56 Å². The molecule has 0 amide bonds. The summed E-state index contributed by atoms with van der Waals surface area (Å²) in [5, 5.41) is 8.75. The Bertz CT molecular complexity index is 508. The summed E-state index contributed by atoms with van der Waals surface area (Å²) in [6.07, 6.45) is 1.89. The molecule has 2 aromatic rings. The standard InChI is InChI=1S/C13H18ClN5/c1-18(9-11-2-4-12(14)5-3-11)6-7-19-10-13(8-15)16-17-19/h2-5,10H,6-9,15H2,1H3. The molecule has 0 radical (unpaired) electrons. The van der Waals surface area contributed by atoms with Crippen LogP contribution in [-0.2, 0) is 19.6 Å². The molecular weight excluding hydrogens is 262 g/mol. The van der Waals surface area contributed by atoms with Gasteiger partial charge in [0.1, 0.15) is 0 Å². The van der Waals surface area contributed by atoms with Crippen LogP contribution in [-0.4, -0.2) is 33.5 Å².